The van der Waals surface area contributed by atoms with Crippen molar-refractivity contribution in [3.63, 3.8) is 0 Å². The van der Waals surface area contributed by atoms with Crippen LogP contribution in [-0.4, -0.2) is 59.9 Å². The maximum atomic E-state index is 13.0. The van der Waals surface area contributed by atoms with E-state index in [2.05, 4.69) is 22.3 Å². The molecular weight excluding hydrogens is 462 g/mol. The molecule has 2 fully saturated rings. The van der Waals surface area contributed by atoms with Crippen molar-refractivity contribution in [2.24, 2.45) is 0 Å². The number of nitrogens with one attached hydrogen (secondary N) is 1. The van der Waals surface area contributed by atoms with Gasteiger partial charge in [0.25, 0.3) is 5.91 Å². The van der Waals surface area contributed by atoms with Gasteiger partial charge in [-0.1, -0.05) is 12.1 Å². The first-order valence-electron chi connectivity index (χ1n) is 12.3. The monoisotopic (exact) mass is 489 g/mol. The van der Waals surface area contributed by atoms with Crippen molar-refractivity contribution in [3.8, 4) is 5.75 Å². The number of amides is 3. The smallest absolute Gasteiger partial charge is 0.255 e. The summed E-state index contributed by atoms with van der Waals surface area (Å²) in [7, 11) is 0. The molecule has 2 aromatic carbocycles. The van der Waals surface area contributed by atoms with Crippen molar-refractivity contribution in [2.45, 2.75) is 38.6 Å². The fourth-order valence-corrected chi connectivity index (χ4v) is 5.18. The molecule has 0 radical (unpaired) electrons. The lowest BCUT2D eigenvalue weighted by atomic mass is 10.0. The van der Waals surface area contributed by atoms with Crippen LogP contribution in [0.1, 0.15) is 40.1 Å². The molecule has 1 unspecified atom stereocenters. The van der Waals surface area contributed by atoms with E-state index in [1.807, 2.05) is 18.2 Å². The minimum atomic E-state index is -0.655. The van der Waals surface area contributed by atoms with Gasteiger partial charge in [0.05, 0.1) is 19.8 Å². The van der Waals surface area contributed by atoms with Crippen LogP contribution < -0.4 is 10.1 Å². The summed E-state index contributed by atoms with van der Waals surface area (Å²) in [6.45, 7) is 4.79. The lowest BCUT2D eigenvalue weighted by Gasteiger charge is -2.29. The number of rotatable bonds is 6. The van der Waals surface area contributed by atoms with Gasteiger partial charge in [0, 0.05) is 42.6 Å². The molecule has 0 spiro atoms. The van der Waals surface area contributed by atoms with E-state index in [1.54, 1.807) is 12.1 Å². The van der Waals surface area contributed by atoms with Crippen LogP contribution >= 0.6 is 0 Å². The quantitative estimate of drug-likeness (QED) is 0.531. The Kier molecular flexibility index (Phi) is 5.94. The molecular formula is C27H27N3O6. The maximum absolute atomic E-state index is 13.0. The van der Waals surface area contributed by atoms with Crippen molar-refractivity contribution in [1.29, 1.82) is 0 Å². The molecule has 4 heterocycles. The van der Waals surface area contributed by atoms with Crippen LogP contribution in [0.4, 0.5) is 0 Å². The van der Waals surface area contributed by atoms with E-state index in [1.165, 1.54) is 10.5 Å². The Morgan fingerprint density at radius 1 is 1.06 bits per heavy atom. The molecule has 1 N–H and O–H groups in total. The molecule has 6 rings (SSSR count). The predicted octanol–water partition coefficient (Wildman–Crippen LogP) is 2.61. The first-order valence-corrected chi connectivity index (χ1v) is 12.3. The summed E-state index contributed by atoms with van der Waals surface area (Å²) in [5.41, 5.74) is 3.30. The topological polar surface area (TPSA) is 101 Å². The lowest BCUT2D eigenvalue weighted by molar-refractivity contribution is -0.136. The van der Waals surface area contributed by atoms with E-state index in [9.17, 15) is 14.4 Å². The third-order valence-corrected chi connectivity index (χ3v) is 7.05. The largest absolute Gasteiger partial charge is 0.485 e. The second kappa shape index (κ2) is 9.40. The summed E-state index contributed by atoms with van der Waals surface area (Å²) < 4.78 is 17.5. The zero-order chi connectivity index (χ0) is 24.6. The van der Waals surface area contributed by atoms with Gasteiger partial charge < -0.3 is 18.8 Å². The van der Waals surface area contributed by atoms with E-state index in [4.69, 9.17) is 13.9 Å². The maximum Gasteiger partial charge on any atom is 0.255 e. The Hall–Kier alpha value is -3.69. The van der Waals surface area contributed by atoms with Crippen molar-refractivity contribution in [3.05, 3.63) is 64.9 Å². The van der Waals surface area contributed by atoms with Crippen molar-refractivity contribution in [1.82, 2.24) is 15.1 Å². The molecule has 3 aliphatic heterocycles. The number of carbonyl (C=O) groups is 3. The number of hydrogen-bond acceptors (Lipinski definition) is 7. The second-order valence-corrected chi connectivity index (χ2v) is 9.44. The molecule has 1 aromatic heterocycles. The molecule has 2 saturated heterocycles. The highest BCUT2D eigenvalue weighted by Crippen LogP contribution is 2.34. The van der Waals surface area contributed by atoms with Gasteiger partial charge in [-0.3, -0.25) is 24.6 Å². The Labute approximate surface area is 207 Å². The Morgan fingerprint density at radius 3 is 2.75 bits per heavy atom. The SMILES string of the molecule is O=C1CCC(N2Cc3c(OCc4cc5cc(CN6CCOCC6)ccc5o4)cccc3C2=O)C(=O)N1. The van der Waals surface area contributed by atoms with Gasteiger partial charge in [-0.25, -0.2) is 0 Å². The van der Waals surface area contributed by atoms with E-state index in [-0.39, 0.29) is 31.4 Å². The van der Waals surface area contributed by atoms with Crippen molar-refractivity contribution in [2.75, 3.05) is 26.3 Å². The number of nitrogens with zero attached hydrogens (tertiary/aromatic N) is 2. The Balaban J connectivity index is 1.15. The number of hydrogen-bond donors (Lipinski definition) is 1. The van der Waals surface area contributed by atoms with E-state index < -0.39 is 11.9 Å². The molecule has 3 aromatic rings. The zero-order valence-corrected chi connectivity index (χ0v) is 19.8. The highest BCUT2D eigenvalue weighted by molar-refractivity contribution is 6.05. The van der Waals surface area contributed by atoms with Crippen LogP contribution in [0.5, 0.6) is 5.75 Å². The van der Waals surface area contributed by atoms with Crippen molar-refractivity contribution >= 4 is 28.7 Å². The number of morpholine rings is 1. The van der Waals surface area contributed by atoms with Crippen LogP contribution in [0.25, 0.3) is 11.0 Å². The number of benzene rings is 2. The Morgan fingerprint density at radius 2 is 1.92 bits per heavy atom. The molecule has 186 valence electrons. The molecule has 36 heavy (non-hydrogen) atoms. The zero-order valence-electron chi connectivity index (χ0n) is 19.8. The summed E-state index contributed by atoms with van der Waals surface area (Å²) in [6.07, 6.45) is 0.549. The molecule has 9 nitrogen and oxygen atoms in total. The number of carbonyl (C=O) groups excluding carboxylic acids is 3. The highest BCUT2D eigenvalue weighted by atomic mass is 16.5. The third kappa shape index (κ3) is 4.36. The summed E-state index contributed by atoms with van der Waals surface area (Å²) in [6, 6.07) is 12.9. The van der Waals surface area contributed by atoms with Crippen LogP contribution in [0.2, 0.25) is 0 Å². The molecule has 0 bridgehead atoms. The normalized spacial score (nSPS) is 20.6. The fraction of sp³-hybridized carbons (Fsp3) is 0.370. The van der Waals surface area contributed by atoms with E-state index in [0.717, 1.165) is 49.4 Å². The van der Waals surface area contributed by atoms with Crippen LogP contribution in [0.15, 0.2) is 46.9 Å². The minimum Gasteiger partial charge on any atom is -0.485 e. The first-order chi connectivity index (χ1) is 17.5. The van der Waals surface area contributed by atoms with Gasteiger partial charge >= 0.3 is 0 Å². The molecule has 1 atom stereocenters. The van der Waals surface area contributed by atoms with Gasteiger partial charge in [0.2, 0.25) is 11.8 Å². The van der Waals surface area contributed by atoms with Crippen LogP contribution in [0, 0.1) is 0 Å². The third-order valence-electron chi connectivity index (χ3n) is 7.05. The van der Waals surface area contributed by atoms with Gasteiger partial charge in [-0.05, 0) is 42.3 Å². The van der Waals surface area contributed by atoms with Gasteiger partial charge in [-0.15, -0.1) is 0 Å². The summed E-state index contributed by atoms with van der Waals surface area (Å²) >= 11 is 0. The number of imide groups is 1. The standard InChI is InChI=1S/C27H27N3O6/c31-25-7-5-22(26(32)28-25)30-15-21-20(27(30)33)2-1-3-24(21)35-16-19-13-18-12-17(4-6-23(18)36-19)14-29-8-10-34-11-9-29/h1-4,6,12-13,22H,5,7-11,14-16H2,(H,28,31,32). The molecule has 3 aliphatic rings. The number of piperidine rings is 1. The van der Waals surface area contributed by atoms with Gasteiger partial charge in [-0.2, -0.15) is 0 Å². The fourth-order valence-electron chi connectivity index (χ4n) is 5.18. The molecule has 3 amide bonds. The summed E-state index contributed by atoms with van der Waals surface area (Å²) in [5, 5.41) is 3.36. The first kappa shape index (κ1) is 22.8. The van der Waals surface area contributed by atoms with E-state index in [0.29, 0.717) is 23.5 Å². The molecule has 9 heteroatoms. The van der Waals surface area contributed by atoms with Crippen molar-refractivity contribution < 1.29 is 28.3 Å². The number of ether oxygens (including phenoxy) is 2. The highest BCUT2D eigenvalue weighted by Gasteiger charge is 2.40. The van der Waals surface area contributed by atoms with Crippen LogP contribution in [-0.2, 0) is 34.0 Å². The molecule has 0 saturated carbocycles. The Bertz CT molecular complexity index is 1340. The predicted molar refractivity (Wildman–Crippen MR) is 129 cm³/mol. The average molecular weight is 490 g/mol. The summed E-state index contributed by atoms with van der Waals surface area (Å²) in [4.78, 5) is 40.8. The average Bonchev–Trinajstić information content (AvgIpc) is 3.44. The summed E-state index contributed by atoms with van der Waals surface area (Å²) in [5.74, 6) is 0.330. The van der Waals surface area contributed by atoms with Gasteiger partial charge in [0.1, 0.15) is 29.7 Å². The van der Waals surface area contributed by atoms with Gasteiger partial charge in [0.15, 0.2) is 0 Å². The number of fused-ring (bicyclic) bond motifs is 2. The lowest BCUT2D eigenvalue weighted by Crippen LogP contribution is -2.52. The minimum absolute atomic E-state index is 0.219. The van der Waals surface area contributed by atoms with Crippen LogP contribution in [0.3, 0.4) is 0 Å². The number of furan rings is 1. The second-order valence-electron chi connectivity index (χ2n) is 9.44. The van der Waals surface area contributed by atoms with E-state index >= 15 is 0 Å². The molecule has 0 aliphatic carbocycles.